The highest BCUT2D eigenvalue weighted by Crippen LogP contribution is 2.36. The second-order valence-electron chi connectivity index (χ2n) is 9.29. The van der Waals surface area contributed by atoms with Crippen LogP contribution in [0.2, 0.25) is 0 Å². The number of anilines is 2. The predicted molar refractivity (Wildman–Crippen MR) is 121 cm³/mol. The summed E-state index contributed by atoms with van der Waals surface area (Å²) >= 11 is 0. The molecule has 0 aliphatic carbocycles. The molecule has 3 aliphatic heterocycles. The van der Waals surface area contributed by atoms with Crippen molar-refractivity contribution in [2.45, 2.75) is 45.6 Å². The van der Waals surface area contributed by atoms with Crippen LogP contribution in [0, 0.1) is 5.92 Å². The fraction of sp³-hybridized carbons (Fsp3) is 0.480. The lowest BCUT2D eigenvalue weighted by molar-refractivity contribution is -0.0921. The van der Waals surface area contributed by atoms with E-state index < -0.39 is 11.8 Å². The molecule has 0 N–H and O–H groups in total. The average Bonchev–Trinajstić information content (AvgIpc) is 3.14. The van der Waals surface area contributed by atoms with Gasteiger partial charge in [0.25, 0.3) is 17.7 Å². The van der Waals surface area contributed by atoms with E-state index in [0.29, 0.717) is 18.7 Å². The Kier molecular flexibility index (Phi) is 5.34. The van der Waals surface area contributed by atoms with Crippen molar-refractivity contribution in [3.8, 4) is 0 Å². The summed E-state index contributed by atoms with van der Waals surface area (Å²) in [5.74, 6) is -2.93. The van der Waals surface area contributed by atoms with Crippen molar-refractivity contribution in [1.82, 2.24) is 14.8 Å². The van der Waals surface area contributed by atoms with E-state index in [1.54, 1.807) is 6.20 Å². The van der Waals surface area contributed by atoms with E-state index in [9.17, 15) is 18.4 Å². The second kappa shape index (κ2) is 8.08. The Balaban J connectivity index is 1.39. The van der Waals surface area contributed by atoms with E-state index >= 15 is 0 Å². The molecule has 5 rings (SSSR count). The first kappa shape index (κ1) is 21.8. The summed E-state index contributed by atoms with van der Waals surface area (Å²) in [6.45, 7) is 5.68. The molecule has 0 bridgehead atoms. The highest BCUT2D eigenvalue weighted by Gasteiger charge is 2.42. The summed E-state index contributed by atoms with van der Waals surface area (Å²) in [6.07, 6.45) is 2.98. The Bertz CT molecular complexity index is 1120. The Hall–Kier alpha value is -3.03. The summed E-state index contributed by atoms with van der Waals surface area (Å²) in [4.78, 5) is 35.5. The van der Waals surface area contributed by atoms with Gasteiger partial charge in [-0.2, -0.15) is 0 Å². The summed E-state index contributed by atoms with van der Waals surface area (Å²) in [6, 6.07) is 7.78. The van der Waals surface area contributed by atoms with E-state index in [-0.39, 0.29) is 31.3 Å². The van der Waals surface area contributed by atoms with Gasteiger partial charge in [-0.1, -0.05) is 6.92 Å². The topological polar surface area (TPSA) is 56.8 Å². The first-order valence-corrected chi connectivity index (χ1v) is 11.6. The molecule has 2 aromatic rings. The standard InChI is InChI=1S/C25H28F2N4O2/c1-3-29-15-19-12-20(6-7-21(19)24(29)33)31-9-4-5-17-11-18(13-28-22(17)31)23(32)30-10-8-25(26,27)16(2)14-30/h6-7,11-13,16H,3-5,8-10,14-15H2,1-2H3. The monoisotopic (exact) mass is 454 g/mol. The van der Waals surface area contributed by atoms with E-state index in [1.165, 1.54) is 11.8 Å². The number of aromatic nitrogens is 1. The summed E-state index contributed by atoms with van der Waals surface area (Å²) in [5.41, 5.74) is 4.20. The lowest BCUT2D eigenvalue weighted by atomic mass is 9.94. The molecule has 1 atom stereocenters. The number of carbonyl (C=O) groups excluding carboxylic acids is 2. The van der Waals surface area contributed by atoms with E-state index in [4.69, 9.17) is 0 Å². The van der Waals surface area contributed by atoms with Gasteiger partial charge in [0.15, 0.2) is 0 Å². The van der Waals surface area contributed by atoms with E-state index in [1.807, 2.05) is 30.0 Å². The third kappa shape index (κ3) is 3.75. The smallest absolute Gasteiger partial charge is 0.255 e. The Morgan fingerprint density at radius 2 is 2.03 bits per heavy atom. The van der Waals surface area contributed by atoms with Gasteiger partial charge in [-0.15, -0.1) is 0 Å². The number of benzene rings is 1. The Morgan fingerprint density at radius 1 is 1.21 bits per heavy atom. The number of fused-ring (bicyclic) bond motifs is 2. The van der Waals surface area contributed by atoms with Crippen molar-refractivity contribution in [3.05, 3.63) is 52.7 Å². The molecule has 6 nitrogen and oxygen atoms in total. The fourth-order valence-corrected chi connectivity index (χ4v) is 5.08. The molecule has 0 saturated carbocycles. The van der Waals surface area contributed by atoms with Crippen molar-refractivity contribution in [3.63, 3.8) is 0 Å². The number of alkyl halides is 2. The molecule has 2 amide bonds. The zero-order chi connectivity index (χ0) is 23.3. The van der Waals surface area contributed by atoms with Crippen molar-refractivity contribution in [1.29, 1.82) is 0 Å². The fourth-order valence-electron chi connectivity index (χ4n) is 5.08. The lowest BCUT2D eigenvalue weighted by Crippen LogP contribution is -2.48. The van der Waals surface area contributed by atoms with Crippen molar-refractivity contribution >= 4 is 23.3 Å². The number of pyridine rings is 1. The van der Waals surface area contributed by atoms with Crippen LogP contribution >= 0.6 is 0 Å². The first-order chi connectivity index (χ1) is 15.8. The van der Waals surface area contributed by atoms with Crippen molar-refractivity contribution in [2.75, 3.05) is 31.1 Å². The van der Waals surface area contributed by atoms with Crippen LogP contribution in [0.1, 0.15) is 58.5 Å². The van der Waals surface area contributed by atoms with Crippen LogP contribution in [-0.2, 0) is 13.0 Å². The molecule has 1 fully saturated rings. The van der Waals surface area contributed by atoms with E-state index in [0.717, 1.165) is 47.6 Å². The molecule has 0 radical (unpaired) electrons. The largest absolute Gasteiger partial charge is 0.338 e. The van der Waals surface area contributed by atoms with Crippen LogP contribution < -0.4 is 4.90 Å². The molecule has 1 aromatic carbocycles. The second-order valence-corrected chi connectivity index (χ2v) is 9.29. The van der Waals surface area contributed by atoms with Gasteiger partial charge in [0.2, 0.25) is 0 Å². The zero-order valence-electron chi connectivity index (χ0n) is 19.0. The maximum atomic E-state index is 13.8. The van der Waals surface area contributed by atoms with Crippen LogP contribution in [0.15, 0.2) is 30.5 Å². The highest BCUT2D eigenvalue weighted by atomic mass is 19.3. The minimum Gasteiger partial charge on any atom is -0.338 e. The molecule has 4 heterocycles. The quantitative estimate of drug-likeness (QED) is 0.696. The number of nitrogens with zero attached hydrogens (tertiary/aromatic N) is 4. The van der Waals surface area contributed by atoms with E-state index in [2.05, 4.69) is 16.0 Å². The van der Waals surface area contributed by atoms with Gasteiger partial charge >= 0.3 is 0 Å². The Morgan fingerprint density at radius 3 is 2.79 bits per heavy atom. The van der Waals surface area contributed by atoms with Gasteiger partial charge in [-0.05, 0) is 55.2 Å². The third-order valence-corrected chi connectivity index (χ3v) is 7.15. The summed E-state index contributed by atoms with van der Waals surface area (Å²) in [7, 11) is 0. The van der Waals surface area contributed by atoms with Crippen LogP contribution in [0.25, 0.3) is 0 Å². The van der Waals surface area contributed by atoms with Crippen molar-refractivity contribution in [2.24, 2.45) is 5.92 Å². The maximum absolute atomic E-state index is 13.8. The number of hydrogen-bond acceptors (Lipinski definition) is 4. The normalized spacial score (nSPS) is 21.8. The van der Waals surface area contributed by atoms with Gasteiger partial charge in [0.05, 0.1) is 5.56 Å². The van der Waals surface area contributed by atoms with Gasteiger partial charge in [0, 0.05) is 62.5 Å². The predicted octanol–water partition coefficient (Wildman–Crippen LogP) is 4.26. The Labute approximate surface area is 192 Å². The average molecular weight is 455 g/mol. The molecule has 174 valence electrons. The molecule has 8 heteroatoms. The van der Waals surface area contributed by atoms with Crippen LogP contribution in [0.4, 0.5) is 20.3 Å². The molecule has 1 saturated heterocycles. The van der Waals surface area contributed by atoms with Crippen LogP contribution in [-0.4, -0.2) is 58.7 Å². The SMILES string of the molecule is CCN1Cc2cc(N3CCCc4cc(C(=O)N5CCC(F)(F)C(C)C5)cnc43)ccc2C1=O. The minimum atomic E-state index is -2.72. The number of amides is 2. The first-order valence-electron chi connectivity index (χ1n) is 11.6. The number of likely N-dealkylation sites (tertiary alicyclic amines) is 1. The number of hydrogen-bond donors (Lipinski definition) is 0. The maximum Gasteiger partial charge on any atom is 0.255 e. The third-order valence-electron chi connectivity index (χ3n) is 7.15. The molecule has 1 aromatic heterocycles. The van der Waals surface area contributed by atoms with Gasteiger partial charge in [-0.25, -0.2) is 13.8 Å². The lowest BCUT2D eigenvalue weighted by Gasteiger charge is -2.37. The molecule has 33 heavy (non-hydrogen) atoms. The number of rotatable bonds is 3. The number of carbonyl (C=O) groups is 2. The highest BCUT2D eigenvalue weighted by molar-refractivity contribution is 5.99. The van der Waals surface area contributed by atoms with Crippen molar-refractivity contribution < 1.29 is 18.4 Å². The molecule has 3 aliphatic rings. The molecular formula is C25H28F2N4O2. The minimum absolute atomic E-state index is 0.0532. The van der Waals surface area contributed by atoms with Gasteiger partial charge in [0.1, 0.15) is 5.82 Å². The van der Waals surface area contributed by atoms with Gasteiger partial charge < -0.3 is 14.7 Å². The zero-order valence-corrected chi connectivity index (χ0v) is 19.0. The summed E-state index contributed by atoms with van der Waals surface area (Å²) < 4.78 is 27.7. The van der Waals surface area contributed by atoms with Crippen LogP contribution in [0.3, 0.4) is 0 Å². The summed E-state index contributed by atoms with van der Waals surface area (Å²) in [5, 5.41) is 0. The molecule has 1 unspecified atom stereocenters. The molecular weight excluding hydrogens is 426 g/mol. The van der Waals surface area contributed by atoms with Crippen LogP contribution in [0.5, 0.6) is 0 Å². The molecule has 0 spiro atoms. The van der Waals surface area contributed by atoms with Gasteiger partial charge in [-0.3, -0.25) is 9.59 Å². The number of aryl methyl sites for hydroxylation is 1. The number of halogens is 2. The number of piperidine rings is 1.